The quantitative estimate of drug-likeness (QED) is 0.797. The predicted molar refractivity (Wildman–Crippen MR) is 67.4 cm³/mol. The van der Waals surface area contributed by atoms with Crippen LogP contribution in [0.2, 0.25) is 0 Å². The van der Waals surface area contributed by atoms with Crippen LogP contribution in [-0.2, 0) is 0 Å². The molecule has 0 aliphatic carbocycles. The van der Waals surface area contributed by atoms with Gasteiger partial charge in [0.1, 0.15) is 17.3 Å². The van der Waals surface area contributed by atoms with Gasteiger partial charge in [-0.1, -0.05) is 12.1 Å². The SMILES string of the molecule is O=C1C(=Cc2cccc(F)c2)Oc2cc(O)ccc21. The maximum Gasteiger partial charge on any atom is 0.231 e. The summed E-state index contributed by atoms with van der Waals surface area (Å²) in [5.74, 6) is -0.202. The summed E-state index contributed by atoms with van der Waals surface area (Å²) in [5, 5.41) is 9.33. The smallest absolute Gasteiger partial charge is 0.231 e. The number of hydrogen-bond acceptors (Lipinski definition) is 3. The zero-order valence-electron chi connectivity index (χ0n) is 9.76. The average Bonchev–Trinajstić information content (AvgIpc) is 2.66. The average molecular weight is 256 g/mol. The normalized spacial score (nSPS) is 15.4. The maximum atomic E-state index is 13.1. The number of ether oxygens (including phenoxy) is 1. The van der Waals surface area contributed by atoms with E-state index in [4.69, 9.17) is 4.74 Å². The molecule has 0 aromatic heterocycles. The molecule has 0 unspecified atom stereocenters. The summed E-state index contributed by atoms with van der Waals surface area (Å²) < 4.78 is 18.4. The molecule has 19 heavy (non-hydrogen) atoms. The van der Waals surface area contributed by atoms with Crippen LogP contribution in [-0.4, -0.2) is 10.9 Å². The number of fused-ring (bicyclic) bond motifs is 1. The van der Waals surface area contributed by atoms with Crippen molar-refractivity contribution in [2.75, 3.05) is 0 Å². The molecule has 0 fully saturated rings. The Hall–Kier alpha value is -2.62. The summed E-state index contributed by atoms with van der Waals surface area (Å²) in [6.07, 6.45) is 1.47. The lowest BCUT2D eigenvalue weighted by molar-refractivity contribution is 0.101. The van der Waals surface area contributed by atoms with Gasteiger partial charge in [0, 0.05) is 6.07 Å². The van der Waals surface area contributed by atoms with E-state index < -0.39 is 0 Å². The van der Waals surface area contributed by atoms with E-state index in [1.54, 1.807) is 12.1 Å². The number of ketones is 1. The fourth-order valence-electron chi connectivity index (χ4n) is 1.92. The van der Waals surface area contributed by atoms with Crippen molar-refractivity contribution in [2.45, 2.75) is 0 Å². The van der Waals surface area contributed by atoms with Gasteiger partial charge in [0.25, 0.3) is 0 Å². The van der Waals surface area contributed by atoms with E-state index in [-0.39, 0.29) is 23.1 Å². The Morgan fingerprint density at radius 2 is 2.00 bits per heavy atom. The molecule has 1 heterocycles. The fourth-order valence-corrected chi connectivity index (χ4v) is 1.92. The van der Waals surface area contributed by atoms with Crippen LogP contribution >= 0.6 is 0 Å². The van der Waals surface area contributed by atoms with Gasteiger partial charge in [-0.3, -0.25) is 4.79 Å². The van der Waals surface area contributed by atoms with Crippen molar-refractivity contribution < 1.29 is 19.0 Å². The first-order valence-corrected chi connectivity index (χ1v) is 5.66. The second-order valence-corrected chi connectivity index (χ2v) is 4.18. The second-order valence-electron chi connectivity index (χ2n) is 4.18. The number of phenols is 1. The van der Waals surface area contributed by atoms with Crippen molar-refractivity contribution in [1.29, 1.82) is 0 Å². The third-order valence-corrected chi connectivity index (χ3v) is 2.80. The molecule has 0 saturated carbocycles. The Morgan fingerprint density at radius 3 is 2.79 bits per heavy atom. The minimum absolute atomic E-state index is 0.0264. The van der Waals surface area contributed by atoms with Gasteiger partial charge < -0.3 is 9.84 Å². The number of benzene rings is 2. The zero-order valence-corrected chi connectivity index (χ0v) is 9.76. The molecular weight excluding hydrogens is 247 g/mol. The number of allylic oxidation sites excluding steroid dienone is 1. The molecule has 0 radical (unpaired) electrons. The highest BCUT2D eigenvalue weighted by Crippen LogP contribution is 2.34. The topological polar surface area (TPSA) is 46.5 Å². The highest BCUT2D eigenvalue weighted by Gasteiger charge is 2.27. The van der Waals surface area contributed by atoms with Gasteiger partial charge in [0.2, 0.25) is 5.78 Å². The van der Waals surface area contributed by atoms with E-state index in [2.05, 4.69) is 0 Å². The number of rotatable bonds is 1. The van der Waals surface area contributed by atoms with Crippen molar-refractivity contribution >= 4 is 11.9 Å². The first-order valence-electron chi connectivity index (χ1n) is 5.66. The Balaban J connectivity index is 1.99. The van der Waals surface area contributed by atoms with Gasteiger partial charge in [-0.25, -0.2) is 4.39 Å². The summed E-state index contributed by atoms with van der Waals surface area (Å²) in [7, 11) is 0. The first kappa shape index (κ1) is 11.5. The Bertz CT molecular complexity index is 704. The largest absolute Gasteiger partial charge is 0.508 e. The first-order chi connectivity index (χ1) is 9.13. The number of hydrogen-bond donors (Lipinski definition) is 1. The zero-order chi connectivity index (χ0) is 13.4. The van der Waals surface area contributed by atoms with Crippen molar-refractivity contribution in [3.8, 4) is 11.5 Å². The molecule has 4 heteroatoms. The van der Waals surface area contributed by atoms with E-state index in [0.29, 0.717) is 16.9 Å². The van der Waals surface area contributed by atoms with Crippen LogP contribution in [0.1, 0.15) is 15.9 Å². The monoisotopic (exact) mass is 256 g/mol. The minimum atomic E-state index is -0.380. The lowest BCUT2D eigenvalue weighted by Gasteiger charge is -1.99. The summed E-state index contributed by atoms with van der Waals surface area (Å²) in [6.45, 7) is 0. The molecule has 0 spiro atoms. The molecule has 1 aliphatic rings. The van der Waals surface area contributed by atoms with Crippen LogP contribution in [0.3, 0.4) is 0 Å². The highest BCUT2D eigenvalue weighted by molar-refractivity contribution is 6.14. The minimum Gasteiger partial charge on any atom is -0.508 e. The van der Waals surface area contributed by atoms with Crippen LogP contribution in [0.4, 0.5) is 4.39 Å². The Kier molecular flexibility index (Phi) is 2.56. The summed E-state index contributed by atoms with van der Waals surface area (Å²) in [5.41, 5.74) is 0.931. The second kappa shape index (κ2) is 4.24. The van der Waals surface area contributed by atoms with E-state index in [1.807, 2.05) is 0 Å². The molecule has 2 aromatic rings. The standard InChI is InChI=1S/C15H9FO3/c16-10-3-1-2-9(6-10)7-14-15(18)12-5-4-11(17)8-13(12)19-14/h1-8,17H. The van der Waals surface area contributed by atoms with Gasteiger partial charge in [-0.05, 0) is 35.9 Å². The van der Waals surface area contributed by atoms with Gasteiger partial charge in [-0.15, -0.1) is 0 Å². The molecule has 1 aliphatic heterocycles. The fraction of sp³-hybridized carbons (Fsp3) is 0. The van der Waals surface area contributed by atoms with Crippen LogP contribution in [0.5, 0.6) is 11.5 Å². The predicted octanol–water partition coefficient (Wildman–Crippen LogP) is 3.15. The van der Waals surface area contributed by atoms with Gasteiger partial charge >= 0.3 is 0 Å². The third-order valence-electron chi connectivity index (χ3n) is 2.80. The van der Waals surface area contributed by atoms with Crippen molar-refractivity contribution in [3.63, 3.8) is 0 Å². The van der Waals surface area contributed by atoms with Gasteiger partial charge in [-0.2, -0.15) is 0 Å². The maximum absolute atomic E-state index is 13.1. The number of carbonyl (C=O) groups excluding carboxylic acids is 1. The van der Waals surface area contributed by atoms with Crippen LogP contribution in [0.15, 0.2) is 48.2 Å². The number of Topliss-reactive ketones (excluding diaryl/α,β-unsaturated/α-hetero) is 1. The molecular formula is C15H9FO3. The lowest BCUT2D eigenvalue weighted by Crippen LogP contribution is -1.98. The van der Waals surface area contributed by atoms with Crippen molar-refractivity contribution in [3.05, 3.63) is 65.2 Å². The number of carbonyl (C=O) groups is 1. The molecule has 0 bridgehead atoms. The summed E-state index contributed by atoms with van der Waals surface area (Å²) in [4.78, 5) is 12.0. The third kappa shape index (κ3) is 2.08. The molecule has 1 N–H and O–H groups in total. The molecule has 0 atom stereocenters. The Labute approximate surface area is 108 Å². The number of halogens is 1. The van der Waals surface area contributed by atoms with Crippen molar-refractivity contribution in [1.82, 2.24) is 0 Å². The van der Waals surface area contributed by atoms with Gasteiger partial charge in [0.15, 0.2) is 5.76 Å². The van der Waals surface area contributed by atoms with E-state index >= 15 is 0 Å². The van der Waals surface area contributed by atoms with Crippen LogP contribution in [0, 0.1) is 5.82 Å². The Morgan fingerprint density at radius 1 is 1.16 bits per heavy atom. The van der Waals surface area contributed by atoms with E-state index in [0.717, 1.165) is 0 Å². The molecule has 0 saturated heterocycles. The van der Waals surface area contributed by atoms with E-state index in [1.165, 1.54) is 36.4 Å². The van der Waals surface area contributed by atoms with E-state index in [9.17, 15) is 14.3 Å². The number of phenolic OH excluding ortho intramolecular Hbond substituents is 1. The molecule has 3 rings (SSSR count). The highest BCUT2D eigenvalue weighted by atomic mass is 19.1. The number of aromatic hydroxyl groups is 1. The van der Waals surface area contributed by atoms with Crippen LogP contribution in [0.25, 0.3) is 6.08 Å². The lowest BCUT2D eigenvalue weighted by atomic mass is 10.1. The summed E-state index contributed by atoms with van der Waals surface area (Å²) >= 11 is 0. The molecule has 94 valence electrons. The van der Waals surface area contributed by atoms with Gasteiger partial charge in [0.05, 0.1) is 5.56 Å². The van der Waals surface area contributed by atoms with Crippen molar-refractivity contribution in [2.24, 2.45) is 0 Å². The molecule has 3 nitrogen and oxygen atoms in total. The molecule has 0 amide bonds. The molecule has 2 aromatic carbocycles. The van der Waals surface area contributed by atoms with Crippen LogP contribution < -0.4 is 4.74 Å². The summed E-state index contributed by atoms with van der Waals surface area (Å²) in [6, 6.07) is 10.2.